The van der Waals surface area contributed by atoms with E-state index >= 15 is 0 Å². The Labute approximate surface area is 122 Å². The first-order valence-corrected chi connectivity index (χ1v) is 6.75. The molecule has 0 saturated carbocycles. The fourth-order valence-electron chi connectivity index (χ4n) is 2.41. The number of anilines is 1. The van der Waals surface area contributed by atoms with Gasteiger partial charge in [0.1, 0.15) is 5.54 Å². The standard InChI is InChI=1S/C15H18N2O4/c1-4-17(15(2,3)14(20)21)13(19)10-6-5-9-8-12(18)16-11(9)7-10/h5-7H,4,8H2,1-3H3,(H,16,18)(H,20,21). The van der Waals surface area contributed by atoms with Crippen LogP contribution in [0, 0.1) is 0 Å². The van der Waals surface area contributed by atoms with Crippen LogP contribution in [0.2, 0.25) is 0 Å². The Bertz CT molecular complexity index is 622. The quantitative estimate of drug-likeness (QED) is 0.880. The van der Waals surface area contributed by atoms with E-state index in [4.69, 9.17) is 0 Å². The first-order valence-electron chi connectivity index (χ1n) is 6.75. The van der Waals surface area contributed by atoms with Crippen molar-refractivity contribution in [1.82, 2.24) is 4.90 Å². The number of benzene rings is 1. The number of carbonyl (C=O) groups is 3. The lowest BCUT2D eigenvalue weighted by Gasteiger charge is -2.34. The van der Waals surface area contributed by atoms with Gasteiger partial charge >= 0.3 is 5.97 Å². The van der Waals surface area contributed by atoms with Crippen LogP contribution in [0.25, 0.3) is 0 Å². The summed E-state index contributed by atoms with van der Waals surface area (Å²) < 4.78 is 0. The maximum Gasteiger partial charge on any atom is 0.329 e. The average Bonchev–Trinajstić information content (AvgIpc) is 2.77. The summed E-state index contributed by atoms with van der Waals surface area (Å²) in [5.41, 5.74) is 0.535. The smallest absolute Gasteiger partial charge is 0.329 e. The van der Waals surface area contributed by atoms with Crippen molar-refractivity contribution in [3.8, 4) is 0 Å². The van der Waals surface area contributed by atoms with Gasteiger partial charge in [0.15, 0.2) is 0 Å². The molecule has 0 aromatic heterocycles. The number of nitrogens with one attached hydrogen (secondary N) is 1. The lowest BCUT2D eigenvalue weighted by atomic mass is 10.0. The maximum atomic E-state index is 12.6. The Kier molecular flexibility index (Phi) is 3.72. The molecule has 1 heterocycles. The lowest BCUT2D eigenvalue weighted by Crippen LogP contribution is -2.52. The van der Waals surface area contributed by atoms with E-state index in [0.29, 0.717) is 17.7 Å². The van der Waals surface area contributed by atoms with Crippen molar-refractivity contribution < 1.29 is 19.5 Å². The highest BCUT2D eigenvalue weighted by atomic mass is 16.4. The molecule has 6 heteroatoms. The largest absolute Gasteiger partial charge is 0.480 e. The summed E-state index contributed by atoms with van der Waals surface area (Å²) in [4.78, 5) is 36.5. The molecular formula is C15H18N2O4. The minimum absolute atomic E-state index is 0.104. The molecule has 1 aliphatic rings. The summed E-state index contributed by atoms with van der Waals surface area (Å²) in [6.45, 7) is 5.00. The molecule has 0 bridgehead atoms. The predicted octanol–water partition coefficient (Wildman–Crippen LogP) is 1.51. The second-order valence-electron chi connectivity index (χ2n) is 5.51. The number of hydrogen-bond acceptors (Lipinski definition) is 3. The number of nitrogens with zero attached hydrogens (tertiary/aromatic N) is 1. The van der Waals surface area contributed by atoms with Crippen molar-refractivity contribution in [3.05, 3.63) is 29.3 Å². The topological polar surface area (TPSA) is 86.7 Å². The van der Waals surface area contributed by atoms with Gasteiger partial charge in [0.2, 0.25) is 5.91 Å². The number of hydrogen-bond donors (Lipinski definition) is 2. The molecule has 2 amide bonds. The molecule has 112 valence electrons. The molecule has 1 aliphatic heterocycles. The Balaban J connectivity index is 2.33. The molecule has 0 unspecified atom stereocenters. The molecule has 0 radical (unpaired) electrons. The average molecular weight is 290 g/mol. The molecule has 0 saturated heterocycles. The van der Waals surface area contributed by atoms with Gasteiger partial charge in [-0.2, -0.15) is 0 Å². The third-order valence-electron chi connectivity index (χ3n) is 3.74. The van der Waals surface area contributed by atoms with E-state index in [0.717, 1.165) is 5.56 Å². The fourth-order valence-corrected chi connectivity index (χ4v) is 2.41. The first-order chi connectivity index (χ1) is 9.77. The molecule has 2 rings (SSSR count). The number of carboxylic acid groups (broad SMARTS) is 1. The van der Waals surface area contributed by atoms with Gasteiger partial charge in [-0.15, -0.1) is 0 Å². The van der Waals surface area contributed by atoms with Gasteiger partial charge in [0.25, 0.3) is 5.91 Å². The number of carbonyl (C=O) groups excluding carboxylic acids is 2. The zero-order chi connectivity index (χ0) is 15.8. The van der Waals surface area contributed by atoms with E-state index in [1.165, 1.54) is 18.7 Å². The molecular weight excluding hydrogens is 272 g/mol. The van der Waals surface area contributed by atoms with Crippen LogP contribution in [-0.4, -0.2) is 39.9 Å². The van der Waals surface area contributed by atoms with Gasteiger partial charge in [0, 0.05) is 17.8 Å². The summed E-state index contributed by atoms with van der Waals surface area (Å²) in [6.07, 6.45) is 0.307. The van der Waals surface area contributed by atoms with Crippen molar-refractivity contribution in [3.63, 3.8) is 0 Å². The summed E-state index contributed by atoms with van der Waals surface area (Å²) in [5.74, 6) is -1.53. The van der Waals surface area contributed by atoms with Crippen molar-refractivity contribution in [2.75, 3.05) is 11.9 Å². The van der Waals surface area contributed by atoms with Crippen LogP contribution in [0.1, 0.15) is 36.7 Å². The van der Waals surface area contributed by atoms with E-state index in [1.54, 1.807) is 25.1 Å². The summed E-state index contributed by atoms with van der Waals surface area (Å²) in [7, 11) is 0. The lowest BCUT2D eigenvalue weighted by molar-refractivity contribution is -0.147. The molecule has 0 fully saturated rings. The fraction of sp³-hybridized carbons (Fsp3) is 0.400. The maximum absolute atomic E-state index is 12.6. The predicted molar refractivity (Wildman–Crippen MR) is 77.2 cm³/mol. The molecule has 21 heavy (non-hydrogen) atoms. The molecule has 0 aliphatic carbocycles. The Morgan fingerprint density at radius 3 is 2.62 bits per heavy atom. The van der Waals surface area contributed by atoms with Gasteiger partial charge < -0.3 is 15.3 Å². The summed E-state index contributed by atoms with van der Waals surface area (Å²) in [5, 5.41) is 12.0. The van der Waals surface area contributed by atoms with Crippen molar-refractivity contribution in [2.24, 2.45) is 0 Å². The number of carboxylic acids is 1. The zero-order valence-electron chi connectivity index (χ0n) is 12.3. The van der Waals surface area contributed by atoms with Crippen LogP contribution in [0.3, 0.4) is 0 Å². The van der Waals surface area contributed by atoms with Crippen LogP contribution in [0.4, 0.5) is 5.69 Å². The SMILES string of the molecule is CCN(C(=O)c1ccc2c(c1)NC(=O)C2)C(C)(C)C(=O)O. The zero-order valence-corrected chi connectivity index (χ0v) is 12.3. The number of fused-ring (bicyclic) bond motifs is 1. The number of amides is 2. The van der Waals surface area contributed by atoms with E-state index in [-0.39, 0.29) is 18.4 Å². The number of rotatable bonds is 4. The van der Waals surface area contributed by atoms with Gasteiger partial charge in [-0.1, -0.05) is 6.07 Å². The molecule has 1 aromatic rings. The Morgan fingerprint density at radius 2 is 2.05 bits per heavy atom. The van der Waals surface area contributed by atoms with Gasteiger partial charge in [-0.25, -0.2) is 4.79 Å². The highest BCUT2D eigenvalue weighted by Crippen LogP contribution is 2.26. The van der Waals surface area contributed by atoms with Gasteiger partial charge in [0.05, 0.1) is 6.42 Å². The second-order valence-corrected chi connectivity index (χ2v) is 5.51. The number of likely N-dealkylation sites (N-methyl/N-ethyl adjacent to an activating group) is 1. The van der Waals surface area contributed by atoms with Crippen molar-refractivity contribution >= 4 is 23.5 Å². The summed E-state index contributed by atoms with van der Waals surface area (Å²) in [6, 6.07) is 4.95. The van der Waals surface area contributed by atoms with Crippen LogP contribution >= 0.6 is 0 Å². The number of aliphatic carboxylic acids is 1. The van der Waals surface area contributed by atoms with E-state index < -0.39 is 11.5 Å². The molecule has 6 nitrogen and oxygen atoms in total. The molecule has 1 aromatic carbocycles. The van der Waals surface area contributed by atoms with Crippen LogP contribution in [-0.2, 0) is 16.0 Å². The monoisotopic (exact) mass is 290 g/mol. The van der Waals surface area contributed by atoms with E-state index in [1.807, 2.05) is 0 Å². The van der Waals surface area contributed by atoms with Crippen molar-refractivity contribution in [1.29, 1.82) is 0 Å². The summed E-state index contributed by atoms with van der Waals surface area (Å²) >= 11 is 0. The van der Waals surface area contributed by atoms with Crippen LogP contribution in [0.5, 0.6) is 0 Å². The van der Waals surface area contributed by atoms with Crippen molar-refractivity contribution in [2.45, 2.75) is 32.7 Å². The van der Waals surface area contributed by atoms with Gasteiger partial charge in [-0.05, 0) is 38.5 Å². The van der Waals surface area contributed by atoms with E-state index in [9.17, 15) is 19.5 Å². The highest BCUT2D eigenvalue weighted by molar-refractivity contribution is 6.03. The normalized spacial score (nSPS) is 13.6. The molecule has 2 N–H and O–H groups in total. The second kappa shape index (κ2) is 5.20. The van der Waals surface area contributed by atoms with E-state index in [2.05, 4.69) is 5.32 Å². The molecule has 0 atom stereocenters. The van der Waals surface area contributed by atoms with Gasteiger partial charge in [-0.3, -0.25) is 9.59 Å². The molecule has 0 spiro atoms. The highest BCUT2D eigenvalue weighted by Gasteiger charge is 2.37. The third kappa shape index (κ3) is 2.61. The third-order valence-corrected chi connectivity index (χ3v) is 3.74. The first kappa shape index (κ1) is 15.0. The van der Waals surface area contributed by atoms with Crippen LogP contribution in [0.15, 0.2) is 18.2 Å². The Morgan fingerprint density at radius 1 is 1.38 bits per heavy atom. The minimum atomic E-state index is -1.30. The minimum Gasteiger partial charge on any atom is -0.480 e. The van der Waals surface area contributed by atoms with Crippen LogP contribution < -0.4 is 5.32 Å². The Hall–Kier alpha value is -2.37.